The van der Waals surface area contributed by atoms with Crippen LogP contribution in [0.3, 0.4) is 0 Å². The Morgan fingerprint density at radius 3 is 2.78 bits per heavy atom. The van der Waals surface area contributed by atoms with Crippen molar-refractivity contribution in [2.24, 2.45) is 4.99 Å². The lowest BCUT2D eigenvalue weighted by Gasteiger charge is -2.36. The van der Waals surface area contributed by atoms with Crippen LogP contribution in [0.5, 0.6) is 0 Å². The first-order valence-corrected chi connectivity index (χ1v) is 8.60. The zero-order valence-corrected chi connectivity index (χ0v) is 13.8. The van der Waals surface area contributed by atoms with Crippen LogP contribution in [0, 0.1) is 5.82 Å². The van der Waals surface area contributed by atoms with Crippen LogP contribution in [-0.2, 0) is 10.2 Å². The first-order chi connectivity index (χ1) is 11.2. The number of aliphatic imine (C=N–C) groups is 1. The molecule has 2 fully saturated rings. The number of hydrogen-bond donors (Lipinski definition) is 2. The standard InChI is InChI=1S/C18H26FN3O/c1-2-20-17(22-16-6-7-16)21-13-18(8-10-23-11-9-18)14-4-3-5-15(19)12-14/h3-5,12,16H,2,6-11,13H2,1H3,(H2,20,21,22). The van der Waals surface area contributed by atoms with E-state index < -0.39 is 0 Å². The van der Waals surface area contributed by atoms with Gasteiger partial charge in [0.2, 0.25) is 0 Å². The van der Waals surface area contributed by atoms with Gasteiger partial charge in [-0.3, -0.25) is 4.99 Å². The van der Waals surface area contributed by atoms with E-state index in [9.17, 15) is 4.39 Å². The quantitative estimate of drug-likeness (QED) is 0.648. The van der Waals surface area contributed by atoms with Crippen molar-refractivity contribution in [3.63, 3.8) is 0 Å². The zero-order chi connectivity index (χ0) is 16.1. The molecule has 1 aromatic carbocycles. The van der Waals surface area contributed by atoms with Crippen molar-refractivity contribution in [3.05, 3.63) is 35.6 Å². The lowest BCUT2D eigenvalue weighted by molar-refractivity contribution is 0.0530. The third-order valence-electron chi connectivity index (χ3n) is 4.69. The van der Waals surface area contributed by atoms with Gasteiger partial charge in [0.05, 0.1) is 6.54 Å². The fraction of sp³-hybridized carbons (Fsp3) is 0.611. The van der Waals surface area contributed by atoms with Crippen molar-refractivity contribution in [2.45, 2.75) is 44.1 Å². The number of nitrogens with one attached hydrogen (secondary N) is 2. The second kappa shape index (κ2) is 7.30. The number of rotatable bonds is 5. The van der Waals surface area contributed by atoms with Crippen LogP contribution >= 0.6 is 0 Å². The van der Waals surface area contributed by atoms with Gasteiger partial charge >= 0.3 is 0 Å². The molecule has 0 unspecified atom stereocenters. The summed E-state index contributed by atoms with van der Waals surface area (Å²) in [5.41, 5.74) is 0.901. The Bertz CT molecular complexity index is 551. The molecule has 1 saturated heterocycles. The van der Waals surface area contributed by atoms with E-state index in [0.717, 1.165) is 30.9 Å². The van der Waals surface area contributed by atoms with Crippen LogP contribution in [0.4, 0.5) is 4.39 Å². The summed E-state index contributed by atoms with van der Waals surface area (Å²) in [4.78, 5) is 4.81. The molecule has 2 aliphatic rings. The molecule has 1 heterocycles. The summed E-state index contributed by atoms with van der Waals surface area (Å²) in [5.74, 6) is 0.692. The van der Waals surface area contributed by atoms with E-state index in [-0.39, 0.29) is 11.2 Å². The normalized spacial score (nSPS) is 21.0. The summed E-state index contributed by atoms with van der Waals surface area (Å²) in [6, 6.07) is 7.53. The SMILES string of the molecule is CCNC(=NCC1(c2cccc(F)c2)CCOCC1)NC1CC1. The number of halogens is 1. The molecule has 0 amide bonds. The van der Waals surface area contributed by atoms with Crippen molar-refractivity contribution < 1.29 is 9.13 Å². The van der Waals surface area contributed by atoms with E-state index in [1.54, 1.807) is 12.1 Å². The minimum Gasteiger partial charge on any atom is -0.381 e. The molecular formula is C18H26FN3O. The molecule has 4 nitrogen and oxygen atoms in total. The van der Waals surface area contributed by atoms with Crippen LogP contribution in [0.2, 0.25) is 0 Å². The topological polar surface area (TPSA) is 45.7 Å². The zero-order valence-electron chi connectivity index (χ0n) is 13.8. The highest BCUT2D eigenvalue weighted by Gasteiger charge is 2.35. The molecule has 126 valence electrons. The monoisotopic (exact) mass is 319 g/mol. The molecule has 1 aliphatic carbocycles. The smallest absolute Gasteiger partial charge is 0.191 e. The van der Waals surface area contributed by atoms with Gasteiger partial charge in [-0.05, 0) is 50.3 Å². The Morgan fingerprint density at radius 1 is 1.35 bits per heavy atom. The molecule has 3 rings (SSSR count). The molecular weight excluding hydrogens is 293 g/mol. The summed E-state index contributed by atoms with van der Waals surface area (Å²) in [5, 5.41) is 6.75. The number of ether oxygens (including phenoxy) is 1. The predicted octanol–water partition coefficient (Wildman–Crippen LogP) is 2.59. The lowest BCUT2D eigenvalue weighted by Crippen LogP contribution is -2.42. The summed E-state index contributed by atoms with van der Waals surface area (Å²) >= 11 is 0. The van der Waals surface area contributed by atoms with E-state index >= 15 is 0 Å². The largest absolute Gasteiger partial charge is 0.381 e. The van der Waals surface area contributed by atoms with Crippen LogP contribution in [0.1, 0.15) is 38.2 Å². The van der Waals surface area contributed by atoms with Crippen LogP contribution in [-0.4, -0.2) is 38.3 Å². The predicted molar refractivity (Wildman–Crippen MR) is 90.3 cm³/mol. The van der Waals surface area contributed by atoms with Crippen LogP contribution in [0.25, 0.3) is 0 Å². The molecule has 1 aliphatic heterocycles. The highest BCUT2D eigenvalue weighted by molar-refractivity contribution is 5.80. The Morgan fingerprint density at radius 2 is 2.13 bits per heavy atom. The fourth-order valence-corrected chi connectivity index (χ4v) is 3.09. The maximum Gasteiger partial charge on any atom is 0.191 e. The minimum absolute atomic E-state index is 0.133. The molecule has 0 spiro atoms. The fourth-order valence-electron chi connectivity index (χ4n) is 3.09. The maximum atomic E-state index is 13.7. The Hall–Kier alpha value is -1.62. The molecule has 1 aromatic rings. The van der Waals surface area contributed by atoms with Gasteiger partial charge in [-0.2, -0.15) is 0 Å². The van der Waals surface area contributed by atoms with E-state index in [1.165, 1.54) is 18.9 Å². The summed E-state index contributed by atoms with van der Waals surface area (Å²) in [7, 11) is 0. The second-order valence-electron chi connectivity index (χ2n) is 6.52. The Kier molecular flexibility index (Phi) is 5.16. The Balaban J connectivity index is 1.80. The van der Waals surface area contributed by atoms with Crippen LogP contribution < -0.4 is 10.6 Å². The number of nitrogens with zero attached hydrogens (tertiary/aromatic N) is 1. The number of benzene rings is 1. The molecule has 0 aromatic heterocycles. The van der Waals surface area contributed by atoms with Gasteiger partial charge in [0, 0.05) is 31.2 Å². The van der Waals surface area contributed by atoms with E-state index in [2.05, 4.69) is 17.6 Å². The maximum absolute atomic E-state index is 13.7. The highest BCUT2D eigenvalue weighted by atomic mass is 19.1. The minimum atomic E-state index is -0.180. The van der Waals surface area contributed by atoms with Crippen molar-refractivity contribution in [1.82, 2.24) is 10.6 Å². The van der Waals surface area contributed by atoms with Crippen molar-refractivity contribution in [3.8, 4) is 0 Å². The summed E-state index contributed by atoms with van der Waals surface area (Å²) < 4.78 is 19.2. The average molecular weight is 319 g/mol. The van der Waals surface area contributed by atoms with E-state index in [0.29, 0.717) is 25.8 Å². The third kappa shape index (κ3) is 4.22. The first-order valence-electron chi connectivity index (χ1n) is 8.60. The van der Waals surface area contributed by atoms with Crippen molar-refractivity contribution >= 4 is 5.96 Å². The molecule has 1 saturated carbocycles. The van der Waals surface area contributed by atoms with Crippen LogP contribution in [0.15, 0.2) is 29.3 Å². The lowest BCUT2D eigenvalue weighted by atomic mass is 9.74. The summed E-state index contributed by atoms with van der Waals surface area (Å²) in [6.07, 6.45) is 4.19. The number of hydrogen-bond acceptors (Lipinski definition) is 2. The molecule has 2 N–H and O–H groups in total. The van der Waals surface area contributed by atoms with Gasteiger partial charge in [0.15, 0.2) is 5.96 Å². The second-order valence-corrected chi connectivity index (χ2v) is 6.52. The van der Waals surface area contributed by atoms with Gasteiger partial charge < -0.3 is 15.4 Å². The molecule has 0 atom stereocenters. The van der Waals surface area contributed by atoms with Gasteiger partial charge in [0.25, 0.3) is 0 Å². The molecule has 5 heteroatoms. The van der Waals surface area contributed by atoms with Crippen molar-refractivity contribution in [2.75, 3.05) is 26.3 Å². The Labute approximate surface area is 137 Å². The molecule has 0 bridgehead atoms. The van der Waals surface area contributed by atoms with Gasteiger partial charge in [-0.1, -0.05) is 12.1 Å². The van der Waals surface area contributed by atoms with E-state index in [1.807, 2.05) is 6.07 Å². The number of guanidine groups is 1. The third-order valence-corrected chi connectivity index (χ3v) is 4.69. The molecule has 0 radical (unpaired) electrons. The molecule has 23 heavy (non-hydrogen) atoms. The first kappa shape index (κ1) is 16.2. The average Bonchev–Trinajstić information content (AvgIpc) is 3.38. The highest BCUT2D eigenvalue weighted by Crippen LogP contribution is 2.35. The van der Waals surface area contributed by atoms with Gasteiger partial charge in [0.1, 0.15) is 5.82 Å². The summed E-state index contributed by atoms with van der Waals surface area (Å²) in [6.45, 7) is 4.98. The van der Waals surface area contributed by atoms with Crippen molar-refractivity contribution in [1.29, 1.82) is 0 Å². The van der Waals surface area contributed by atoms with Gasteiger partial charge in [-0.15, -0.1) is 0 Å². The van der Waals surface area contributed by atoms with E-state index in [4.69, 9.17) is 9.73 Å². The van der Waals surface area contributed by atoms with Gasteiger partial charge in [-0.25, -0.2) is 4.39 Å².